The Morgan fingerprint density at radius 1 is 1.28 bits per heavy atom. The first-order valence-corrected chi connectivity index (χ1v) is 7.18. The fourth-order valence-electron chi connectivity index (χ4n) is 2.74. The van der Waals surface area contributed by atoms with E-state index in [4.69, 9.17) is 4.74 Å². The van der Waals surface area contributed by atoms with Crippen LogP contribution < -0.4 is 5.32 Å². The Kier molecular flexibility index (Phi) is 5.21. The summed E-state index contributed by atoms with van der Waals surface area (Å²) < 4.78 is 5.86. The molecular formula is C16H25NO. The van der Waals surface area contributed by atoms with Gasteiger partial charge < -0.3 is 10.1 Å². The van der Waals surface area contributed by atoms with E-state index in [9.17, 15) is 0 Å². The average Bonchev–Trinajstić information content (AvgIpc) is 2.88. The first-order chi connectivity index (χ1) is 8.77. The Morgan fingerprint density at radius 2 is 2.00 bits per heavy atom. The van der Waals surface area contributed by atoms with Crippen molar-refractivity contribution >= 4 is 0 Å². The van der Waals surface area contributed by atoms with Crippen LogP contribution >= 0.6 is 0 Å². The highest BCUT2D eigenvalue weighted by Gasteiger charge is 2.15. The van der Waals surface area contributed by atoms with E-state index >= 15 is 0 Å². The van der Waals surface area contributed by atoms with Crippen molar-refractivity contribution in [2.75, 3.05) is 13.2 Å². The topological polar surface area (TPSA) is 21.3 Å². The van der Waals surface area contributed by atoms with Gasteiger partial charge in [0.1, 0.15) is 0 Å². The van der Waals surface area contributed by atoms with Crippen molar-refractivity contribution in [3.63, 3.8) is 0 Å². The first kappa shape index (κ1) is 13.6. The minimum absolute atomic E-state index is 0.401. The van der Waals surface area contributed by atoms with E-state index in [1.807, 2.05) is 0 Å². The van der Waals surface area contributed by atoms with Crippen molar-refractivity contribution in [2.24, 2.45) is 0 Å². The molecule has 1 saturated carbocycles. The lowest BCUT2D eigenvalue weighted by Crippen LogP contribution is -2.25. The van der Waals surface area contributed by atoms with Gasteiger partial charge >= 0.3 is 0 Å². The van der Waals surface area contributed by atoms with Crippen LogP contribution in [-0.4, -0.2) is 19.3 Å². The van der Waals surface area contributed by atoms with E-state index in [1.54, 1.807) is 0 Å². The number of rotatable bonds is 6. The summed E-state index contributed by atoms with van der Waals surface area (Å²) in [6.07, 6.45) is 5.73. The van der Waals surface area contributed by atoms with Crippen LogP contribution in [0.4, 0.5) is 0 Å². The van der Waals surface area contributed by atoms with Gasteiger partial charge in [-0.2, -0.15) is 0 Å². The summed E-state index contributed by atoms with van der Waals surface area (Å²) in [5, 5.41) is 3.54. The second-order valence-electron chi connectivity index (χ2n) is 5.31. The molecule has 1 N–H and O–H groups in total. The van der Waals surface area contributed by atoms with E-state index in [-0.39, 0.29) is 0 Å². The molecule has 1 atom stereocenters. The lowest BCUT2D eigenvalue weighted by atomic mass is 10.0. The van der Waals surface area contributed by atoms with E-state index in [1.165, 1.54) is 36.8 Å². The van der Waals surface area contributed by atoms with Gasteiger partial charge in [0.05, 0.1) is 12.7 Å². The van der Waals surface area contributed by atoms with Gasteiger partial charge in [-0.05, 0) is 37.8 Å². The van der Waals surface area contributed by atoms with Crippen molar-refractivity contribution in [3.8, 4) is 0 Å². The molecule has 0 amide bonds. The molecule has 1 aromatic carbocycles. The van der Waals surface area contributed by atoms with E-state index < -0.39 is 0 Å². The van der Waals surface area contributed by atoms with Crippen molar-refractivity contribution in [1.82, 2.24) is 5.32 Å². The molecule has 18 heavy (non-hydrogen) atoms. The van der Waals surface area contributed by atoms with E-state index in [0.717, 1.165) is 13.2 Å². The highest BCUT2D eigenvalue weighted by molar-refractivity contribution is 5.28. The Morgan fingerprint density at radius 3 is 2.72 bits per heavy atom. The Bertz CT molecular complexity index is 358. The summed E-state index contributed by atoms with van der Waals surface area (Å²) in [6.45, 7) is 6.16. The minimum atomic E-state index is 0.401. The Balaban J connectivity index is 1.68. The molecule has 0 aliphatic heterocycles. The molecule has 100 valence electrons. The normalized spacial score (nSPS) is 18.1. The molecule has 0 saturated heterocycles. The third-order valence-electron chi connectivity index (χ3n) is 3.86. The fraction of sp³-hybridized carbons (Fsp3) is 0.625. The van der Waals surface area contributed by atoms with Gasteiger partial charge in [-0.15, -0.1) is 0 Å². The SMILES string of the molecule is Cc1ccccc1C(C)NCCOC1CCCC1. The second-order valence-corrected chi connectivity index (χ2v) is 5.31. The van der Waals surface area contributed by atoms with Gasteiger partial charge in [0.2, 0.25) is 0 Å². The molecule has 1 fully saturated rings. The van der Waals surface area contributed by atoms with Crippen LogP contribution in [0.25, 0.3) is 0 Å². The Labute approximate surface area is 111 Å². The number of hydrogen-bond donors (Lipinski definition) is 1. The van der Waals surface area contributed by atoms with Gasteiger partial charge in [-0.1, -0.05) is 37.1 Å². The molecule has 2 heteroatoms. The number of ether oxygens (including phenoxy) is 1. The molecular weight excluding hydrogens is 222 g/mol. The Hall–Kier alpha value is -0.860. The maximum absolute atomic E-state index is 5.86. The van der Waals surface area contributed by atoms with Gasteiger partial charge in [0.25, 0.3) is 0 Å². The highest BCUT2D eigenvalue weighted by Crippen LogP contribution is 2.20. The summed E-state index contributed by atoms with van der Waals surface area (Å²) in [5.74, 6) is 0. The van der Waals surface area contributed by atoms with Crippen molar-refractivity contribution in [1.29, 1.82) is 0 Å². The van der Waals surface area contributed by atoms with Crippen molar-refractivity contribution < 1.29 is 4.74 Å². The van der Waals surface area contributed by atoms with Crippen LogP contribution in [0, 0.1) is 6.92 Å². The van der Waals surface area contributed by atoms with Gasteiger partial charge in [-0.25, -0.2) is 0 Å². The quantitative estimate of drug-likeness (QED) is 0.775. The van der Waals surface area contributed by atoms with Crippen LogP contribution in [0.15, 0.2) is 24.3 Å². The summed E-state index contributed by atoms with van der Waals surface area (Å²) in [6, 6.07) is 8.97. The summed E-state index contributed by atoms with van der Waals surface area (Å²) in [4.78, 5) is 0. The molecule has 2 rings (SSSR count). The lowest BCUT2D eigenvalue weighted by molar-refractivity contribution is 0.0593. The van der Waals surface area contributed by atoms with Crippen molar-refractivity contribution in [2.45, 2.75) is 51.7 Å². The van der Waals surface area contributed by atoms with E-state index in [0.29, 0.717) is 12.1 Å². The summed E-state index contributed by atoms with van der Waals surface area (Å²) >= 11 is 0. The third kappa shape index (κ3) is 3.82. The lowest BCUT2D eigenvalue weighted by Gasteiger charge is -2.17. The van der Waals surface area contributed by atoms with E-state index in [2.05, 4.69) is 43.4 Å². The van der Waals surface area contributed by atoms with Crippen LogP contribution in [-0.2, 0) is 4.74 Å². The van der Waals surface area contributed by atoms with Crippen molar-refractivity contribution in [3.05, 3.63) is 35.4 Å². The van der Waals surface area contributed by atoms with Crippen LogP contribution in [0.2, 0.25) is 0 Å². The molecule has 1 aliphatic carbocycles. The summed E-state index contributed by atoms with van der Waals surface area (Å²) in [5.41, 5.74) is 2.74. The summed E-state index contributed by atoms with van der Waals surface area (Å²) in [7, 11) is 0. The average molecular weight is 247 g/mol. The standard InChI is InChI=1S/C16H25NO/c1-13-7-3-6-10-16(13)14(2)17-11-12-18-15-8-4-5-9-15/h3,6-7,10,14-15,17H,4-5,8-9,11-12H2,1-2H3. The zero-order valence-electron chi connectivity index (χ0n) is 11.6. The second kappa shape index (κ2) is 6.91. The zero-order chi connectivity index (χ0) is 12.8. The minimum Gasteiger partial charge on any atom is -0.377 e. The number of benzene rings is 1. The molecule has 2 nitrogen and oxygen atoms in total. The van der Waals surface area contributed by atoms with Gasteiger partial charge in [0.15, 0.2) is 0 Å². The first-order valence-electron chi connectivity index (χ1n) is 7.18. The number of hydrogen-bond acceptors (Lipinski definition) is 2. The predicted molar refractivity (Wildman–Crippen MR) is 75.8 cm³/mol. The predicted octanol–water partition coefficient (Wildman–Crippen LogP) is 3.60. The molecule has 0 bridgehead atoms. The molecule has 0 aromatic heterocycles. The maximum atomic E-state index is 5.86. The molecule has 1 aliphatic rings. The largest absolute Gasteiger partial charge is 0.377 e. The van der Waals surface area contributed by atoms with Crippen LogP contribution in [0.1, 0.15) is 49.8 Å². The number of aryl methyl sites for hydroxylation is 1. The fourth-order valence-corrected chi connectivity index (χ4v) is 2.74. The molecule has 1 unspecified atom stereocenters. The van der Waals surface area contributed by atoms with Crippen LogP contribution in [0.3, 0.4) is 0 Å². The third-order valence-corrected chi connectivity index (χ3v) is 3.86. The highest BCUT2D eigenvalue weighted by atomic mass is 16.5. The molecule has 0 radical (unpaired) electrons. The molecule has 0 spiro atoms. The number of nitrogens with one attached hydrogen (secondary N) is 1. The van der Waals surface area contributed by atoms with Gasteiger partial charge in [0, 0.05) is 12.6 Å². The van der Waals surface area contributed by atoms with Crippen LogP contribution in [0.5, 0.6) is 0 Å². The maximum Gasteiger partial charge on any atom is 0.0594 e. The molecule has 1 aromatic rings. The monoisotopic (exact) mass is 247 g/mol. The smallest absolute Gasteiger partial charge is 0.0594 e. The van der Waals surface area contributed by atoms with Gasteiger partial charge in [-0.3, -0.25) is 0 Å². The zero-order valence-corrected chi connectivity index (χ0v) is 11.6. The molecule has 0 heterocycles.